The van der Waals surface area contributed by atoms with E-state index in [1.807, 2.05) is 17.9 Å². The number of carbonyl (C=O) groups excluding carboxylic acids is 1. The predicted molar refractivity (Wildman–Crippen MR) is 94.8 cm³/mol. The second kappa shape index (κ2) is 9.02. The normalized spacial score (nSPS) is 24.3. The van der Waals surface area contributed by atoms with Crippen LogP contribution in [-0.2, 0) is 4.79 Å². The van der Waals surface area contributed by atoms with Gasteiger partial charge in [0.2, 0.25) is 5.91 Å². The standard InChI is InChI=1S/C17H25N5O2/c1-13(15-7-8-19-17(15)20-12-18)21-14-5-4-9-22(11-14)16(24)6-2-3-10-23/h2,6-8,12,14,21,23H,3-5,9-11H2,1H3,(H2,18,19,20)/b6-2-,15-13+/t14-/m1/s1. The topological polar surface area (TPSA) is 101 Å². The highest BCUT2D eigenvalue weighted by Crippen LogP contribution is 2.15. The molecule has 0 bridgehead atoms. The molecule has 2 rings (SSSR count). The molecule has 2 heterocycles. The highest BCUT2D eigenvalue weighted by molar-refractivity contribution is 6.07. The smallest absolute Gasteiger partial charge is 0.246 e. The molecule has 130 valence electrons. The summed E-state index contributed by atoms with van der Waals surface area (Å²) in [5.74, 6) is 0.652. The Kier molecular flexibility index (Phi) is 6.74. The lowest BCUT2D eigenvalue weighted by Crippen LogP contribution is -2.47. The maximum atomic E-state index is 12.2. The van der Waals surface area contributed by atoms with Crippen molar-refractivity contribution in [2.75, 3.05) is 19.7 Å². The Bertz CT molecular complexity index is 592. The quantitative estimate of drug-likeness (QED) is 0.330. The van der Waals surface area contributed by atoms with Crippen molar-refractivity contribution in [1.82, 2.24) is 15.5 Å². The summed E-state index contributed by atoms with van der Waals surface area (Å²) in [6.45, 7) is 3.45. The number of amidine groups is 1. The molecule has 24 heavy (non-hydrogen) atoms. The Morgan fingerprint density at radius 1 is 1.62 bits per heavy atom. The summed E-state index contributed by atoms with van der Waals surface area (Å²) in [5, 5.41) is 22.4. The number of hydrogen-bond acceptors (Lipinski definition) is 4. The van der Waals surface area contributed by atoms with Crippen LogP contribution >= 0.6 is 0 Å². The molecule has 0 aromatic heterocycles. The van der Waals surface area contributed by atoms with E-state index < -0.39 is 0 Å². The molecule has 0 unspecified atom stereocenters. The van der Waals surface area contributed by atoms with Crippen molar-refractivity contribution in [3.63, 3.8) is 0 Å². The third-order valence-corrected chi connectivity index (χ3v) is 4.03. The minimum absolute atomic E-state index is 0.00579. The second-order valence-electron chi connectivity index (χ2n) is 5.81. The highest BCUT2D eigenvalue weighted by atomic mass is 16.2. The minimum Gasteiger partial charge on any atom is -0.396 e. The number of aliphatic imine (C=N–C) groups is 1. The zero-order valence-electron chi connectivity index (χ0n) is 14.0. The number of nitrogens with one attached hydrogen (secondary N) is 3. The van der Waals surface area contributed by atoms with Crippen LogP contribution in [0.15, 0.2) is 40.7 Å². The number of hydrogen-bond donors (Lipinski definition) is 4. The lowest BCUT2D eigenvalue weighted by Gasteiger charge is -2.33. The number of aliphatic hydroxyl groups excluding tert-OH is 1. The Balaban J connectivity index is 1.97. The van der Waals surface area contributed by atoms with Crippen LogP contribution in [0.1, 0.15) is 26.2 Å². The van der Waals surface area contributed by atoms with Crippen molar-refractivity contribution in [2.45, 2.75) is 32.2 Å². The minimum atomic E-state index is -0.00579. The fourth-order valence-corrected chi connectivity index (χ4v) is 2.88. The number of rotatable bonds is 6. The van der Waals surface area contributed by atoms with Gasteiger partial charge in [-0.1, -0.05) is 6.08 Å². The summed E-state index contributed by atoms with van der Waals surface area (Å²) in [7, 11) is 0. The monoisotopic (exact) mass is 331 g/mol. The molecule has 4 N–H and O–H groups in total. The average molecular weight is 331 g/mol. The molecule has 7 heteroatoms. The van der Waals surface area contributed by atoms with E-state index in [0.29, 0.717) is 18.8 Å². The summed E-state index contributed by atoms with van der Waals surface area (Å²) in [4.78, 5) is 18.0. The van der Waals surface area contributed by atoms with Crippen molar-refractivity contribution in [2.24, 2.45) is 4.99 Å². The van der Waals surface area contributed by atoms with Gasteiger partial charge >= 0.3 is 0 Å². The first-order valence-corrected chi connectivity index (χ1v) is 8.19. The summed E-state index contributed by atoms with van der Waals surface area (Å²) in [5.41, 5.74) is 1.91. The number of aliphatic hydroxyl groups is 1. The van der Waals surface area contributed by atoms with Gasteiger partial charge in [0.05, 0.1) is 0 Å². The molecule has 0 aliphatic carbocycles. The van der Waals surface area contributed by atoms with Gasteiger partial charge in [0, 0.05) is 43.2 Å². The van der Waals surface area contributed by atoms with Gasteiger partial charge in [0.15, 0.2) is 0 Å². The molecule has 0 saturated carbocycles. The summed E-state index contributed by atoms with van der Waals surface area (Å²) < 4.78 is 0. The van der Waals surface area contributed by atoms with Crippen molar-refractivity contribution < 1.29 is 9.90 Å². The lowest BCUT2D eigenvalue weighted by atomic mass is 10.0. The Morgan fingerprint density at radius 2 is 2.46 bits per heavy atom. The Labute approximate surface area is 142 Å². The molecule has 0 aromatic carbocycles. The van der Waals surface area contributed by atoms with Crippen LogP contribution < -0.4 is 10.6 Å². The van der Waals surface area contributed by atoms with Gasteiger partial charge in [-0.05, 0) is 38.3 Å². The molecule has 2 aliphatic rings. The molecular weight excluding hydrogens is 306 g/mol. The molecule has 0 radical (unpaired) electrons. The summed E-state index contributed by atoms with van der Waals surface area (Å²) in [6.07, 6.45) is 10.4. The fourth-order valence-electron chi connectivity index (χ4n) is 2.88. The van der Waals surface area contributed by atoms with Gasteiger partial charge in [-0.15, -0.1) is 0 Å². The number of likely N-dealkylation sites (tertiary alicyclic amines) is 1. The van der Waals surface area contributed by atoms with Crippen molar-refractivity contribution in [3.8, 4) is 0 Å². The number of piperidine rings is 1. The molecule has 2 aliphatic heterocycles. The summed E-state index contributed by atoms with van der Waals surface area (Å²) in [6, 6.07) is 0.191. The lowest BCUT2D eigenvalue weighted by molar-refractivity contribution is -0.127. The van der Waals surface area contributed by atoms with Crippen LogP contribution in [-0.4, -0.2) is 53.8 Å². The van der Waals surface area contributed by atoms with Gasteiger partial charge in [0.25, 0.3) is 0 Å². The zero-order chi connectivity index (χ0) is 17.4. The second-order valence-corrected chi connectivity index (χ2v) is 5.81. The third kappa shape index (κ3) is 4.79. The molecule has 1 atom stereocenters. The fraction of sp³-hybridized carbons (Fsp3) is 0.471. The maximum Gasteiger partial charge on any atom is 0.246 e. The summed E-state index contributed by atoms with van der Waals surface area (Å²) >= 11 is 0. The molecule has 0 aromatic rings. The van der Waals surface area contributed by atoms with Crippen molar-refractivity contribution >= 4 is 18.1 Å². The first-order chi connectivity index (χ1) is 11.7. The van der Waals surface area contributed by atoms with E-state index >= 15 is 0 Å². The largest absolute Gasteiger partial charge is 0.396 e. The van der Waals surface area contributed by atoms with Crippen LogP contribution in [0.4, 0.5) is 0 Å². The third-order valence-electron chi connectivity index (χ3n) is 4.03. The molecule has 1 fully saturated rings. The van der Waals surface area contributed by atoms with Gasteiger partial charge in [-0.25, -0.2) is 4.99 Å². The van der Waals surface area contributed by atoms with Crippen LogP contribution in [0.3, 0.4) is 0 Å². The Morgan fingerprint density at radius 3 is 3.21 bits per heavy atom. The molecular formula is C17H25N5O2. The molecule has 1 amide bonds. The van der Waals surface area contributed by atoms with E-state index in [9.17, 15) is 4.79 Å². The highest BCUT2D eigenvalue weighted by Gasteiger charge is 2.23. The maximum absolute atomic E-state index is 12.2. The van der Waals surface area contributed by atoms with E-state index in [1.54, 1.807) is 18.4 Å². The predicted octanol–water partition coefficient (Wildman–Crippen LogP) is 0.902. The SMILES string of the molecule is C/C(N[C@@H]1CCCN(C(=O)/C=C\CCO)C1)=C1/C=CN/C1=N/C=N. The molecule has 7 nitrogen and oxygen atoms in total. The van der Waals surface area contributed by atoms with E-state index in [1.165, 1.54) is 0 Å². The number of carbonyl (C=O) groups is 1. The van der Waals surface area contributed by atoms with E-state index in [-0.39, 0.29) is 18.6 Å². The number of allylic oxidation sites excluding steroid dienone is 1. The van der Waals surface area contributed by atoms with E-state index in [2.05, 4.69) is 15.6 Å². The van der Waals surface area contributed by atoms with Gasteiger partial charge in [0.1, 0.15) is 12.2 Å². The van der Waals surface area contributed by atoms with Gasteiger partial charge in [-0.3, -0.25) is 10.2 Å². The zero-order valence-corrected chi connectivity index (χ0v) is 14.0. The molecule has 0 spiro atoms. The van der Waals surface area contributed by atoms with Crippen LogP contribution in [0, 0.1) is 5.41 Å². The van der Waals surface area contributed by atoms with Crippen molar-refractivity contribution in [3.05, 3.63) is 35.7 Å². The average Bonchev–Trinajstić information content (AvgIpc) is 3.04. The van der Waals surface area contributed by atoms with E-state index in [4.69, 9.17) is 10.5 Å². The van der Waals surface area contributed by atoms with Crippen LogP contribution in [0.2, 0.25) is 0 Å². The van der Waals surface area contributed by atoms with Crippen molar-refractivity contribution in [1.29, 1.82) is 5.41 Å². The first kappa shape index (κ1) is 17.9. The number of nitrogens with zero attached hydrogens (tertiary/aromatic N) is 2. The van der Waals surface area contributed by atoms with E-state index in [0.717, 1.165) is 37.0 Å². The number of amides is 1. The van der Waals surface area contributed by atoms with Gasteiger partial charge in [-0.2, -0.15) is 0 Å². The first-order valence-electron chi connectivity index (χ1n) is 8.19. The van der Waals surface area contributed by atoms with Gasteiger partial charge < -0.3 is 20.6 Å². The van der Waals surface area contributed by atoms with Crippen LogP contribution in [0.25, 0.3) is 0 Å². The Hall–Kier alpha value is -2.41. The van der Waals surface area contributed by atoms with Crippen LogP contribution in [0.5, 0.6) is 0 Å². The molecule has 1 saturated heterocycles.